The Morgan fingerprint density at radius 1 is 1.08 bits per heavy atom. The number of hydrogen-bond acceptors (Lipinski definition) is 4. The molecule has 2 aromatic carbocycles. The van der Waals surface area contributed by atoms with Crippen LogP contribution in [0.5, 0.6) is 5.75 Å². The molecule has 0 saturated carbocycles. The monoisotopic (exact) mass is 323 g/mol. The molecule has 0 radical (unpaired) electrons. The molecule has 0 fully saturated rings. The van der Waals surface area contributed by atoms with E-state index in [0.29, 0.717) is 16.9 Å². The van der Waals surface area contributed by atoms with E-state index in [1.54, 1.807) is 31.4 Å². The number of aryl methyl sites for hydroxylation is 1. The van der Waals surface area contributed by atoms with Crippen molar-refractivity contribution in [1.29, 1.82) is 0 Å². The van der Waals surface area contributed by atoms with Gasteiger partial charge in [-0.25, -0.2) is 0 Å². The molecule has 5 heteroatoms. The van der Waals surface area contributed by atoms with Gasteiger partial charge in [0.1, 0.15) is 11.3 Å². The van der Waals surface area contributed by atoms with Crippen LogP contribution in [0.1, 0.15) is 26.5 Å². The molecule has 3 rings (SSSR count). The maximum Gasteiger partial charge on any atom is 0.287 e. The zero-order valence-corrected chi connectivity index (χ0v) is 13.5. The van der Waals surface area contributed by atoms with E-state index in [-0.39, 0.29) is 18.1 Å². The average Bonchev–Trinajstić information content (AvgIpc) is 2.96. The van der Waals surface area contributed by atoms with Crippen molar-refractivity contribution in [2.45, 2.75) is 6.92 Å². The van der Waals surface area contributed by atoms with Crippen LogP contribution in [0.2, 0.25) is 0 Å². The van der Waals surface area contributed by atoms with E-state index < -0.39 is 5.91 Å². The summed E-state index contributed by atoms with van der Waals surface area (Å²) in [5.74, 6) is 0.331. The first-order valence-corrected chi connectivity index (χ1v) is 7.53. The van der Waals surface area contributed by atoms with E-state index in [4.69, 9.17) is 9.15 Å². The molecule has 3 aromatic rings. The number of carbonyl (C=O) groups is 2. The SMILES string of the molecule is COc1ccc(C(=O)CNC(=O)c2oc3ccccc3c2C)cc1. The number of carbonyl (C=O) groups excluding carboxylic acids is 2. The number of Topliss-reactive ketones (excluding diaryl/α,β-unsaturated/α-hetero) is 1. The lowest BCUT2D eigenvalue weighted by molar-refractivity contribution is 0.0886. The fourth-order valence-electron chi connectivity index (χ4n) is 2.51. The van der Waals surface area contributed by atoms with Crippen LogP contribution in [0, 0.1) is 6.92 Å². The summed E-state index contributed by atoms with van der Waals surface area (Å²) in [6, 6.07) is 14.2. The van der Waals surface area contributed by atoms with Crippen LogP contribution in [0.3, 0.4) is 0 Å². The van der Waals surface area contributed by atoms with Gasteiger partial charge in [-0.2, -0.15) is 0 Å². The number of amides is 1. The third-order valence-corrected chi connectivity index (χ3v) is 3.87. The van der Waals surface area contributed by atoms with Gasteiger partial charge >= 0.3 is 0 Å². The second-order valence-corrected chi connectivity index (χ2v) is 5.39. The number of furan rings is 1. The van der Waals surface area contributed by atoms with Gasteiger partial charge < -0.3 is 14.5 Å². The van der Waals surface area contributed by atoms with Crippen molar-refractivity contribution in [3.05, 3.63) is 65.4 Å². The van der Waals surface area contributed by atoms with Crippen LogP contribution in [0.4, 0.5) is 0 Å². The Morgan fingerprint density at radius 2 is 1.79 bits per heavy atom. The summed E-state index contributed by atoms with van der Waals surface area (Å²) in [4.78, 5) is 24.4. The molecule has 0 aliphatic rings. The van der Waals surface area contributed by atoms with Gasteiger partial charge in [0, 0.05) is 16.5 Å². The lowest BCUT2D eigenvalue weighted by atomic mass is 10.1. The first kappa shape index (κ1) is 15.8. The molecule has 0 saturated heterocycles. The van der Waals surface area contributed by atoms with Gasteiger partial charge in [-0.1, -0.05) is 18.2 Å². The highest BCUT2D eigenvalue weighted by Crippen LogP contribution is 2.24. The smallest absolute Gasteiger partial charge is 0.287 e. The van der Waals surface area contributed by atoms with E-state index in [1.807, 2.05) is 31.2 Å². The predicted octanol–water partition coefficient (Wildman–Crippen LogP) is 3.36. The van der Waals surface area contributed by atoms with E-state index in [1.165, 1.54) is 0 Å². The Kier molecular flexibility index (Phi) is 4.33. The summed E-state index contributed by atoms with van der Waals surface area (Å²) >= 11 is 0. The standard InChI is InChI=1S/C19H17NO4/c1-12-15-5-3-4-6-17(15)24-18(12)19(22)20-11-16(21)13-7-9-14(23-2)10-8-13/h3-10H,11H2,1-2H3,(H,20,22). The molecule has 1 heterocycles. The predicted molar refractivity (Wildman–Crippen MR) is 90.6 cm³/mol. The zero-order valence-electron chi connectivity index (χ0n) is 13.5. The summed E-state index contributed by atoms with van der Waals surface area (Å²) < 4.78 is 10.6. The van der Waals surface area contributed by atoms with Crippen molar-refractivity contribution in [2.24, 2.45) is 0 Å². The maximum absolute atomic E-state index is 12.3. The third-order valence-electron chi connectivity index (χ3n) is 3.87. The highest BCUT2D eigenvalue weighted by atomic mass is 16.5. The zero-order chi connectivity index (χ0) is 17.1. The number of ether oxygens (including phenoxy) is 1. The number of fused-ring (bicyclic) bond motifs is 1. The normalized spacial score (nSPS) is 10.6. The molecule has 0 aliphatic heterocycles. The maximum atomic E-state index is 12.3. The van der Waals surface area contributed by atoms with E-state index in [2.05, 4.69) is 5.32 Å². The van der Waals surface area contributed by atoms with Crippen molar-refractivity contribution < 1.29 is 18.7 Å². The van der Waals surface area contributed by atoms with Crippen molar-refractivity contribution in [1.82, 2.24) is 5.32 Å². The lowest BCUT2D eigenvalue weighted by Gasteiger charge is -2.05. The van der Waals surface area contributed by atoms with Crippen LogP contribution in [-0.4, -0.2) is 25.3 Å². The molecule has 0 aliphatic carbocycles. The molecular weight excluding hydrogens is 306 g/mol. The highest BCUT2D eigenvalue weighted by Gasteiger charge is 2.18. The molecule has 0 atom stereocenters. The summed E-state index contributed by atoms with van der Waals surface area (Å²) in [6.07, 6.45) is 0. The Morgan fingerprint density at radius 3 is 2.46 bits per heavy atom. The average molecular weight is 323 g/mol. The Hall–Kier alpha value is -3.08. The number of ketones is 1. The van der Waals surface area contributed by atoms with E-state index in [9.17, 15) is 9.59 Å². The Balaban J connectivity index is 1.69. The van der Waals surface area contributed by atoms with Crippen molar-refractivity contribution >= 4 is 22.7 Å². The Bertz CT molecular complexity index is 893. The number of methoxy groups -OCH3 is 1. The molecule has 0 unspecified atom stereocenters. The van der Waals surface area contributed by atoms with E-state index in [0.717, 1.165) is 10.9 Å². The van der Waals surface area contributed by atoms with Gasteiger partial charge in [0.25, 0.3) is 5.91 Å². The van der Waals surface area contributed by atoms with Gasteiger partial charge in [-0.3, -0.25) is 9.59 Å². The minimum absolute atomic E-state index is 0.0956. The number of rotatable bonds is 5. The molecule has 24 heavy (non-hydrogen) atoms. The van der Waals surface area contributed by atoms with Crippen LogP contribution in [-0.2, 0) is 0 Å². The van der Waals surface area contributed by atoms with Crippen molar-refractivity contribution in [2.75, 3.05) is 13.7 Å². The number of hydrogen-bond donors (Lipinski definition) is 1. The molecule has 1 amide bonds. The van der Waals surface area contributed by atoms with Gasteiger partial charge in [0.15, 0.2) is 11.5 Å². The van der Waals surface area contributed by atoms with Gasteiger partial charge in [-0.15, -0.1) is 0 Å². The van der Waals surface area contributed by atoms with Gasteiger partial charge in [0.05, 0.1) is 13.7 Å². The van der Waals surface area contributed by atoms with Crippen molar-refractivity contribution in [3.63, 3.8) is 0 Å². The molecule has 0 bridgehead atoms. The molecule has 5 nitrogen and oxygen atoms in total. The van der Waals surface area contributed by atoms with E-state index >= 15 is 0 Å². The molecule has 122 valence electrons. The lowest BCUT2D eigenvalue weighted by Crippen LogP contribution is -2.29. The molecule has 0 spiro atoms. The van der Waals surface area contributed by atoms with Crippen LogP contribution >= 0.6 is 0 Å². The van der Waals surface area contributed by atoms with Crippen LogP contribution < -0.4 is 10.1 Å². The minimum atomic E-state index is -0.398. The second-order valence-electron chi connectivity index (χ2n) is 5.39. The quantitative estimate of drug-likeness (QED) is 0.731. The summed E-state index contributed by atoms with van der Waals surface area (Å²) in [6.45, 7) is 1.73. The summed E-state index contributed by atoms with van der Waals surface area (Å²) in [5.41, 5.74) is 1.93. The summed E-state index contributed by atoms with van der Waals surface area (Å²) in [7, 11) is 1.56. The van der Waals surface area contributed by atoms with Crippen LogP contribution in [0.25, 0.3) is 11.0 Å². The summed E-state index contributed by atoms with van der Waals surface area (Å²) in [5, 5.41) is 3.51. The van der Waals surface area contributed by atoms with Crippen molar-refractivity contribution in [3.8, 4) is 5.75 Å². The first-order chi connectivity index (χ1) is 11.6. The molecule has 1 aromatic heterocycles. The highest BCUT2D eigenvalue weighted by molar-refractivity contribution is 6.03. The first-order valence-electron chi connectivity index (χ1n) is 7.53. The number of para-hydroxylation sites is 1. The Labute approximate surface area is 139 Å². The molecular formula is C19H17NO4. The van der Waals surface area contributed by atoms with Gasteiger partial charge in [0.2, 0.25) is 0 Å². The number of nitrogens with one attached hydrogen (secondary N) is 1. The largest absolute Gasteiger partial charge is 0.497 e. The minimum Gasteiger partial charge on any atom is -0.497 e. The third kappa shape index (κ3) is 3.01. The topological polar surface area (TPSA) is 68.5 Å². The second kappa shape index (κ2) is 6.58. The van der Waals surface area contributed by atoms with Gasteiger partial charge in [-0.05, 0) is 37.3 Å². The fraction of sp³-hybridized carbons (Fsp3) is 0.158. The molecule has 1 N–H and O–H groups in total. The number of benzene rings is 2. The fourth-order valence-corrected chi connectivity index (χ4v) is 2.51. The van der Waals surface area contributed by atoms with Crippen LogP contribution in [0.15, 0.2) is 52.9 Å².